The molecule has 1 aliphatic rings. The molecule has 0 spiro atoms. The van der Waals surface area contributed by atoms with Crippen molar-refractivity contribution in [3.63, 3.8) is 0 Å². The van der Waals surface area contributed by atoms with Gasteiger partial charge in [-0.2, -0.15) is 0 Å². The Labute approximate surface area is 153 Å². The maximum absolute atomic E-state index is 13.6. The van der Waals surface area contributed by atoms with Gasteiger partial charge in [0.2, 0.25) is 11.8 Å². The van der Waals surface area contributed by atoms with E-state index in [0.29, 0.717) is 31.6 Å². The van der Waals surface area contributed by atoms with E-state index < -0.39 is 0 Å². The number of aryl methyl sites for hydroxylation is 1. The predicted molar refractivity (Wildman–Crippen MR) is 97.8 cm³/mol. The van der Waals surface area contributed by atoms with Crippen LogP contribution >= 0.6 is 0 Å². The van der Waals surface area contributed by atoms with E-state index >= 15 is 0 Å². The van der Waals surface area contributed by atoms with Crippen LogP contribution in [-0.2, 0) is 22.6 Å². The molecule has 26 heavy (non-hydrogen) atoms. The number of carbonyl (C=O) groups excluding carboxylic acids is 2. The summed E-state index contributed by atoms with van der Waals surface area (Å²) >= 11 is 0. The molecule has 0 aliphatic carbocycles. The molecule has 3 rings (SSSR count). The molecule has 2 amide bonds. The van der Waals surface area contributed by atoms with Gasteiger partial charge in [-0.1, -0.05) is 48.0 Å². The van der Waals surface area contributed by atoms with Crippen LogP contribution in [0.25, 0.3) is 0 Å². The van der Waals surface area contributed by atoms with Gasteiger partial charge in [0.15, 0.2) is 0 Å². The fourth-order valence-electron chi connectivity index (χ4n) is 3.30. The van der Waals surface area contributed by atoms with Crippen LogP contribution < -0.4 is 5.32 Å². The Balaban J connectivity index is 1.50. The standard InChI is InChI=1S/C21H23FN2O2/c1-15-5-4-6-16(11-15)13-24-14-18(12-20(24)25)21(26)23-10-9-17-7-2-3-8-19(17)22/h2-8,11,18H,9-10,12-14H2,1H3,(H,23,26). The first kappa shape index (κ1) is 18.1. The van der Waals surface area contributed by atoms with Crippen molar-refractivity contribution in [2.45, 2.75) is 26.3 Å². The van der Waals surface area contributed by atoms with E-state index in [0.717, 1.165) is 11.1 Å². The molecule has 0 radical (unpaired) electrons. The molecule has 0 saturated carbocycles. The minimum atomic E-state index is -0.340. The lowest BCUT2D eigenvalue weighted by atomic mass is 10.1. The second-order valence-corrected chi connectivity index (χ2v) is 6.80. The number of nitrogens with zero attached hydrogens (tertiary/aromatic N) is 1. The monoisotopic (exact) mass is 354 g/mol. The van der Waals surface area contributed by atoms with Gasteiger partial charge in [0.05, 0.1) is 5.92 Å². The first-order valence-corrected chi connectivity index (χ1v) is 8.87. The van der Waals surface area contributed by atoms with Crippen molar-refractivity contribution in [2.24, 2.45) is 5.92 Å². The molecule has 1 heterocycles. The topological polar surface area (TPSA) is 49.4 Å². The van der Waals surface area contributed by atoms with Crippen LogP contribution in [0, 0.1) is 18.7 Å². The fourth-order valence-corrected chi connectivity index (χ4v) is 3.30. The Kier molecular flexibility index (Phi) is 5.66. The van der Waals surface area contributed by atoms with Crippen LogP contribution in [0.3, 0.4) is 0 Å². The molecule has 5 heteroatoms. The molecule has 4 nitrogen and oxygen atoms in total. The van der Waals surface area contributed by atoms with Gasteiger partial charge < -0.3 is 10.2 Å². The molecule has 1 N–H and O–H groups in total. The van der Waals surface area contributed by atoms with Crippen molar-refractivity contribution in [1.29, 1.82) is 0 Å². The number of nitrogens with one attached hydrogen (secondary N) is 1. The van der Waals surface area contributed by atoms with Crippen LogP contribution in [0.1, 0.15) is 23.1 Å². The summed E-state index contributed by atoms with van der Waals surface area (Å²) < 4.78 is 13.6. The predicted octanol–water partition coefficient (Wildman–Crippen LogP) is 2.84. The first-order valence-electron chi connectivity index (χ1n) is 8.87. The van der Waals surface area contributed by atoms with Crippen molar-refractivity contribution in [3.8, 4) is 0 Å². The maximum Gasteiger partial charge on any atom is 0.225 e. The van der Waals surface area contributed by atoms with Crippen molar-refractivity contribution < 1.29 is 14.0 Å². The zero-order valence-corrected chi connectivity index (χ0v) is 14.9. The maximum atomic E-state index is 13.6. The van der Waals surface area contributed by atoms with E-state index in [9.17, 15) is 14.0 Å². The number of benzene rings is 2. The lowest BCUT2D eigenvalue weighted by molar-refractivity contribution is -0.129. The third kappa shape index (κ3) is 4.48. The summed E-state index contributed by atoms with van der Waals surface area (Å²) in [4.78, 5) is 26.3. The summed E-state index contributed by atoms with van der Waals surface area (Å²) in [6.45, 7) is 3.33. The van der Waals surface area contributed by atoms with E-state index in [-0.39, 0.29) is 30.0 Å². The summed E-state index contributed by atoms with van der Waals surface area (Å²) in [5, 5.41) is 2.83. The van der Waals surface area contributed by atoms with Gasteiger partial charge in [-0.15, -0.1) is 0 Å². The van der Waals surface area contributed by atoms with Crippen molar-refractivity contribution >= 4 is 11.8 Å². The highest BCUT2D eigenvalue weighted by atomic mass is 19.1. The largest absolute Gasteiger partial charge is 0.355 e. The zero-order chi connectivity index (χ0) is 18.5. The number of likely N-dealkylation sites (tertiary alicyclic amines) is 1. The van der Waals surface area contributed by atoms with Gasteiger partial charge in [-0.3, -0.25) is 9.59 Å². The zero-order valence-electron chi connectivity index (χ0n) is 14.9. The highest BCUT2D eigenvalue weighted by Gasteiger charge is 2.34. The number of hydrogen-bond acceptors (Lipinski definition) is 2. The lowest BCUT2D eigenvalue weighted by Crippen LogP contribution is -2.34. The second kappa shape index (κ2) is 8.13. The SMILES string of the molecule is Cc1cccc(CN2CC(C(=O)NCCc3ccccc3F)CC2=O)c1. The van der Waals surface area contributed by atoms with Crippen LogP contribution in [0.15, 0.2) is 48.5 Å². The van der Waals surface area contributed by atoms with Gasteiger partial charge in [-0.05, 0) is 30.5 Å². The summed E-state index contributed by atoms with van der Waals surface area (Å²) in [7, 11) is 0. The Morgan fingerprint density at radius 2 is 2.04 bits per heavy atom. The van der Waals surface area contributed by atoms with Gasteiger partial charge in [-0.25, -0.2) is 4.39 Å². The van der Waals surface area contributed by atoms with Gasteiger partial charge in [0, 0.05) is 26.1 Å². The molecule has 136 valence electrons. The molecular formula is C21H23FN2O2. The summed E-state index contributed by atoms with van der Waals surface area (Å²) in [5.74, 6) is -0.739. The molecule has 0 bridgehead atoms. The molecule has 0 aromatic heterocycles. The number of hydrogen-bond donors (Lipinski definition) is 1. The Morgan fingerprint density at radius 3 is 2.81 bits per heavy atom. The lowest BCUT2D eigenvalue weighted by Gasteiger charge is -2.17. The molecule has 1 unspecified atom stereocenters. The quantitative estimate of drug-likeness (QED) is 0.867. The van der Waals surface area contributed by atoms with Gasteiger partial charge in [0.25, 0.3) is 0 Å². The minimum Gasteiger partial charge on any atom is -0.355 e. The smallest absolute Gasteiger partial charge is 0.225 e. The average molecular weight is 354 g/mol. The van der Waals surface area contributed by atoms with Gasteiger partial charge >= 0.3 is 0 Å². The number of rotatable bonds is 6. The van der Waals surface area contributed by atoms with Gasteiger partial charge in [0.1, 0.15) is 5.82 Å². The third-order valence-electron chi connectivity index (χ3n) is 4.69. The Morgan fingerprint density at radius 1 is 1.23 bits per heavy atom. The molecule has 2 aromatic rings. The molecule has 1 fully saturated rings. The van der Waals surface area contributed by atoms with Crippen LogP contribution in [0.2, 0.25) is 0 Å². The van der Waals surface area contributed by atoms with Crippen LogP contribution in [0.5, 0.6) is 0 Å². The van der Waals surface area contributed by atoms with E-state index in [4.69, 9.17) is 0 Å². The second-order valence-electron chi connectivity index (χ2n) is 6.80. The van der Waals surface area contributed by atoms with Crippen LogP contribution in [-0.4, -0.2) is 29.8 Å². The number of amides is 2. The van der Waals surface area contributed by atoms with Crippen molar-refractivity contribution in [3.05, 3.63) is 71.0 Å². The van der Waals surface area contributed by atoms with E-state index in [1.807, 2.05) is 25.1 Å². The molecule has 2 aromatic carbocycles. The highest BCUT2D eigenvalue weighted by Crippen LogP contribution is 2.21. The number of carbonyl (C=O) groups is 2. The molecular weight excluding hydrogens is 331 g/mol. The highest BCUT2D eigenvalue weighted by molar-refractivity contribution is 5.89. The van der Waals surface area contributed by atoms with Crippen LogP contribution in [0.4, 0.5) is 4.39 Å². The normalized spacial score (nSPS) is 16.8. The van der Waals surface area contributed by atoms with E-state index in [1.54, 1.807) is 23.1 Å². The summed E-state index contributed by atoms with van der Waals surface area (Å²) in [6.07, 6.45) is 0.670. The van der Waals surface area contributed by atoms with E-state index in [2.05, 4.69) is 11.4 Å². The molecule has 1 saturated heterocycles. The third-order valence-corrected chi connectivity index (χ3v) is 4.69. The Bertz CT molecular complexity index is 806. The minimum absolute atomic E-state index is 0.000704. The summed E-state index contributed by atoms with van der Waals surface area (Å²) in [5.41, 5.74) is 2.80. The average Bonchev–Trinajstić information content (AvgIpc) is 2.97. The molecule has 1 aliphatic heterocycles. The van der Waals surface area contributed by atoms with Crippen molar-refractivity contribution in [2.75, 3.05) is 13.1 Å². The van der Waals surface area contributed by atoms with E-state index in [1.165, 1.54) is 6.07 Å². The fraction of sp³-hybridized carbons (Fsp3) is 0.333. The Hall–Kier alpha value is -2.69. The summed E-state index contributed by atoms with van der Waals surface area (Å²) in [6, 6.07) is 14.6. The first-order chi connectivity index (χ1) is 12.5. The number of halogens is 1. The molecule has 1 atom stereocenters. The van der Waals surface area contributed by atoms with Crippen molar-refractivity contribution in [1.82, 2.24) is 10.2 Å².